The number of thioether (sulfide) groups is 1. The molecule has 3 heteroatoms. The molecule has 0 unspecified atom stereocenters. The van der Waals surface area contributed by atoms with Gasteiger partial charge in [-0.2, -0.15) is 0 Å². The Kier molecular flexibility index (Phi) is 3.94. The third-order valence-corrected chi connectivity index (χ3v) is 3.50. The third-order valence-electron chi connectivity index (χ3n) is 2.34. The maximum atomic E-state index is 12.9. The van der Waals surface area contributed by atoms with Crippen molar-refractivity contribution in [2.75, 3.05) is 0 Å². The number of hydrogen-bond donors (Lipinski definition) is 0. The number of halogens is 1. The predicted octanol–water partition coefficient (Wildman–Crippen LogP) is 3.93. The number of aldehydes is 1. The van der Waals surface area contributed by atoms with Crippen LogP contribution in [0.25, 0.3) is 0 Å². The van der Waals surface area contributed by atoms with Crippen LogP contribution in [-0.2, 0) is 5.75 Å². The highest BCUT2D eigenvalue weighted by Crippen LogP contribution is 2.25. The Balaban J connectivity index is 2.11. The van der Waals surface area contributed by atoms with E-state index in [0.717, 1.165) is 10.6 Å². The summed E-state index contributed by atoms with van der Waals surface area (Å²) < 4.78 is 12.9. The first-order chi connectivity index (χ1) is 8.29. The average Bonchev–Trinajstić information content (AvgIpc) is 2.38. The van der Waals surface area contributed by atoms with Crippen LogP contribution in [0.1, 0.15) is 15.9 Å². The fraction of sp³-hybridized carbons (Fsp3) is 0.0714. The first-order valence-corrected chi connectivity index (χ1v) is 6.19. The molecule has 0 heterocycles. The molecule has 0 bridgehead atoms. The zero-order valence-corrected chi connectivity index (χ0v) is 9.91. The zero-order chi connectivity index (χ0) is 12.1. The first kappa shape index (κ1) is 11.9. The van der Waals surface area contributed by atoms with Crippen LogP contribution >= 0.6 is 11.8 Å². The minimum absolute atomic E-state index is 0.379. The monoisotopic (exact) mass is 246 g/mol. The number of benzene rings is 2. The molecule has 2 aromatic rings. The lowest BCUT2D eigenvalue weighted by Crippen LogP contribution is -1.88. The van der Waals surface area contributed by atoms with E-state index in [-0.39, 0.29) is 5.82 Å². The standard InChI is InChI=1S/C14H11FOS/c15-13-6-7-14(12(8-13)9-16)17-10-11-4-2-1-3-5-11/h1-9H,10H2. The van der Waals surface area contributed by atoms with Crippen LogP contribution < -0.4 is 0 Å². The number of rotatable bonds is 4. The molecule has 0 atom stereocenters. The predicted molar refractivity (Wildman–Crippen MR) is 67.8 cm³/mol. The Bertz CT molecular complexity index is 511. The van der Waals surface area contributed by atoms with Gasteiger partial charge in [-0.05, 0) is 23.8 Å². The lowest BCUT2D eigenvalue weighted by Gasteiger charge is -2.04. The van der Waals surface area contributed by atoms with Gasteiger partial charge in [-0.3, -0.25) is 4.79 Å². The normalized spacial score (nSPS) is 10.2. The summed E-state index contributed by atoms with van der Waals surface area (Å²) in [7, 11) is 0. The average molecular weight is 246 g/mol. The summed E-state index contributed by atoms with van der Waals surface area (Å²) in [6.45, 7) is 0. The Hall–Kier alpha value is -1.61. The van der Waals surface area contributed by atoms with Gasteiger partial charge in [0.2, 0.25) is 0 Å². The van der Waals surface area contributed by atoms with Crippen LogP contribution in [-0.4, -0.2) is 6.29 Å². The number of carbonyl (C=O) groups excluding carboxylic acids is 1. The highest BCUT2D eigenvalue weighted by molar-refractivity contribution is 7.98. The number of hydrogen-bond acceptors (Lipinski definition) is 2. The SMILES string of the molecule is O=Cc1cc(F)ccc1SCc1ccccc1. The van der Waals surface area contributed by atoms with Gasteiger partial charge in [0.25, 0.3) is 0 Å². The van der Waals surface area contributed by atoms with Gasteiger partial charge in [0.1, 0.15) is 5.82 Å². The van der Waals surface area contributed by atoms with Crippen molar-refractivity contribution in [3.63, 3.8) is 0 Å². The fourth-order valence-electron chi connectivity index (χ4n) is 1.48. The quantitative estimate of drug-likeness (QED) is 0.600. The minimum Gasteiger partial charge on any atom is -0.298 e. The Labute approximate surface area is 104 Å². The molecule has 0 amide bonds. The maximum absolute atomic E-state index is 12.9. The summed E-state index contributed by atoms with van der Waals surface area (Å²) in [4.78, 5) is 11.6. The molecule has 2 rings (SSSR count). The van der Waals surface area contributed by atoms with Gasteiger partial charge in [-0.1, -0.05) is 30.3 Å². The van der Waals surface area contributed by atoms with Crippen LogP contribution in [0.5, 0.6) is 0 Å². The molecule has 1 nitrogen and oxygen atoms in total. The lowest BCUT2D eigenvalue weighted by atomic mass is 10.2. The summed E-state index contributed by atoms with van der Waals surface area (Å²) in [5.41, 5.74) is 1.59. The highest BCUT2D eigenvalue weighted by atomic mass is 32.2. The van der Waals surface area contributed by atoms with Crippen LogP contribution in [0, 0.1) is 5.82 Å². The van der Waals surface area contributed by atoms with Crippen LogP contribution in [0.4, 0.5) is 4.39 Å². The van der Waals surface area contributed by atoms with E-state index < -0.39 is 0 Å². The molecule has 2 aromatic carbocycles. The molecule has 0 saturated carbocycles. The van der Waals surface area contributed by atoms with Gasteiger partial charge in [0.15, 0.2) is 6.29 Å². The van der Waals surface area contributed by atoms with E-state index in [0.29, 0.717) is 11.8 Å². The number of carbonyl (C=O) groups is 1. The topological polar surface area (TPSA) is 17.1 Å². The molecular formula is C14H11FOS. The molecule has 0 aliphatic heterocycles. The highest BCUT2D eigenvalue weighted by Gasteiger charge is 2.04. The third kappa shape index (κ3) is 3.17. The summed E-state index contributed by atoms with van der Waals surface area (Å²) in [5, 5.41) is 0. The molecule has 0 aromatic heterocycles. The van der Waals surface area contributed by atoms with Crippen LogP contribution in [0.15, 0.2) is 53.4 Å². The van der Waals surface area contributed by atoms with Crippen molar-refractivity contribution in [3.8, 4) is 0 Å². The van der Waals surface area contributed by atoms with E-state index in [2.05, 4.69) is 0 Å². The molecule has 0 saturated heterocycles. The second kappa shape index (κ2) is 5.64. The summed E-state index contributed by atoms with van der Waals surface area (Å²) >= 11 is 1.54. The minimum atomic E-state index is -0.379. The summed E-state index contributed by atoms with van der Waals surface area (Å²) in [6, 6.07) is 14.2. The van der Waals surface area contributed by atoms with Crippen molar-refractivity contribution in [1.82, 2.24) is 0 Å². The molecule has 0 radical (unpaired) electrons. The van der Waals surface area contributed by atoms with Crippen LogP contribution in [0.2, 0.25) is 0 Å². The van der Waals surface area contributed by atoms with Crippen LogP contribution in [0.3, 0.4) is 0 Å². The van der Waals surface area contributed by atoms with E-state index >= 15 is 0 Å². The Morgan fingerprint density at radius 1 is 1.12 bits per heavy atom. The van der Waals surface area contributed by atoms with Gasteiger partial charge in [0.05, 0.1) is 0 Å². The maximum Gasteiger partial charge on any atom is 0.151 e. The van der Waals surface area contributed by atoms with E-state index in [1.54, 1.807) is 6.07 Å². The molecule has 0 N–H and O–H groups in total. The van der Waals surface area contributed by atoms with Gasteiger partial charge in [-0.25, -0.2) is 4.39 Å². The second-order valence-electron chi connectivity index (χ2n) is 3.57. The van der Waals surface area contributed by atoms with Crippen molar-refractivity contribution in [2.24, 2.45) is 0 Å². The summed E-state index contributed by atoms with van der Waals surface area (Å²) in [6.07, 6.45) is 0.691. The second-order valence-corrected chi connectivity index (χ2v) is 4.59. The van der Waals surface area contributed by atoms with Crippen molar-refractivity contribution >= 4 is 18.0 Å². The van der Waals surface area contributed by atoms with E-state index in [1.807, 2.05) is 30.3 Å². The largest absolute Gasteiger partial charge is 0.298 e. The molecular weight excluding hydrogens is 235 g/mol. The van der Waals surface area contributed by atoms with Crippen molar-refractivity contribution < 1.29 is 9.18 Å². The van der Waals surface area contributed by atoms with E-state index in [4.69, 9.17) is 0 Å². The first-order valence-electron chi connectivity index (χ1n) is 5.21. The van der Waals surface area contributed by atoms with Crippen molar-refractivity contribution in [1.29, 1.82) is 0 Å². The van der Waals surface area contributed by atoms with Gasteiger partial charge < -0.3 is 0 Å². The van der Waals surface area contributed by atoms with Gasteiger partial charge in [0, 0.05) is 16.2 Å². The smallest absolute Gasteiger partial charge is 0.151 e. The van der Waals surface area contributed by atoms with Crippen molar-refractivity contribution in [3.05, 3.63) is 65.5 Å². The summed E-state index contributed by atoms with van der Waals surface area (Å²) in [5.74, 6) is 0.393. The lowest BCUT2D eigenvalue weighted by molar-refractivity contribution is 0.112. The van der Waals surface area contributed by atoms with Crippen molar-refractivity contribution in [2.45, 2.75) is 10.6 Å². The fourth-order valence-corrected chi connectivity index (χ4v) is 2.43. The van der Waals surface area contributed by atoms with Gasteiger partial charge in [-0.15, -0.1) is 11.8 Å². The molecule has 0 spiro atoms. The van der Waals surface area contributed by atoms with E-state index in [1.165, 1.54) is 29.5 Å². The van der Waals surface area contributed by atoms with Gasteiger partial charge >= 0.3 is 0 Å². The molecule has 0 aliphatic carbocycles. The zero-order valence-electron chi connectivity index (χ0n) is 9.10. The molecule has 0 aliphatic rings. The Morgan fingerprint density at radius 2 is 1.88 bits per heavy atom. The van der Waals surface area contributed by atoms with E-state index in [9.17, 15) is 9.18 Å². The molecule has 86 valence electrons. The Morgan fingerprint density at radius 3 is 2.59 bits per heavy atom. The molecule has 17 heavy (non-hydrogen) atoms. The molecule has 0 fully saturated rings.